The third kappa shape index (κ3) is 2.37. The normalized spacial score (nSPS) is 24.2. The lowest BCUT2D eigenvalue weighted by Crippen LogP contribution is -2.47. The van der Waals surface area contributed by atoms with Gasteiger partial charge in [-0.15, -0.1) is 11.3 Å². The van der Waals surface area contributed by atoms with Gasteiger partial charge in [-0.05, 0) is 24.4 Å². The molecule has 1 unspecified atom stereocenters. The number of carbonyl (C=O) groups is 1. The van der Waals surface area contributed by atoms with E-state index in [1.165, 1.54) is 11.3 Å². The molecule has 1 aromatic heterocycles. The van der Waals surface area contributed by atoms with E-state index in [2.05, 4.69) is 5.32 Å². The van der Waals surface area contributed by atoms with Gasteiger partial charge < -0.3 is 10.1 Å². The first kappa shape index (κ1) is 13.4. The molecule has 3 nitrogen and oxygen atoms in total. The minimum atomic E-state index is -4.58. The predicted octanol–water partition coefficient (Wildman–Crippen LogP) is 2.33. The maximum Gasteiger partial charge on any atom is 0.406 e. The van der Waals surface area contributed by atoms with Gasteiger partial charge in [-0.1, -0.05) is 6.07 Å². The zero-order valence-electron chi connectivity index (χ0n) is 9.42. The van der Waals surface area contributed by atoms with Crippen molar-refractivity contribution in [3.63, 3.8) is 0 Å². The first-order valence-corrected chi connectivity index (χ1v) is 6.31. The van der Waals surface area contributed by atoms with Crippen LogP contribution in [0.1, 0.15) is 11.3 Å². The first-order chi connectivity index (χ1) is 8.46. The lowest BCUT2D eigenvalue weighted by atomic mass is 9.86. The standard InChI is InChI=1S/C11H12F3NO2S/c12-11(13,14)10(3-4-15-7-10)9(16)17-6-8-2-1-5-18-8/h1-2,5,15H,3-4,6-7H2. The van der Waals surface area contributed by atoms with Crippen LogP contribution in [0, 0.1) is 5.41 Å². The molecule has 1 saturated heterocycles. The second kappa shape index (κ2) is 4.89. The maximum absolute atomic E-state index is 13.0. The summed E-state index contributed by atoms with van der Waals surface area (Å²) in [5.74, 6) is -1.19. The molecule has 0 bridgehead atoms. The summed E-state index contributed by atoms with van der Waals surface area (Å²) < 4.78 is 43.8. The molecule has 2 heterocycles. The van der Waals surface area contributed by atoms with Gasteiger partial charge >= 0.3 is 12.1 Å². The third-order valence-electron chi connectivity index (χ3n) is 3.01. The molecule has 7 heteroatoms. The molecule has 1 aliphatic heterocycles. The monoisotopic (exact) mass is 279 g/mol. The molecule has 1 atom stereocenters. The fourth-order valence-electron chi connectivity index (χ4n) is 1.89. The molecule has 1 N–H and O–H groups in total. The predicted molar refractivity (Wildman–Crippen MR) is 60.1 cm³/mol. The summed E-state index contributed by atoms with van der Waals surface area (Å²) in [5, 5.41) is 4.35. The molecule has 1 aromatic rings. The Hall–Kier alpha value is -1.08. The fourth-order valence-corrected chi connectivity index (χ4v) is 2.51. The van der Waals surface area contributed by atoms with Crippen LogP contribution < -0.4 is 5.32 Å². The topological polar surface area (TPSA) is 38.3 Å². The van der Waals surface area contributed by atoms with E-state index in [4.69, 9.17) is 4.74 Å². The summed E-state index contributed by atoms with van der Waals surface area (Å²) in [7, 11) is 0. The van der Waals surface area contributed by atoms with E-state index in [0.717, 1.165) is 4.88 Å². The van der Waals surface area contributed by atoms with E-state index in [-0.39, 0.29) is 19.6 Å². The number of rotatable bonds is 3. The molecule has 0 radical (unpaired) electrons. The van der Waals surface area contributed by atoms with E-state index in [1.807, 2.05) is 0 Å². The number of halogens is 3. The molecule has 0 aromatic carbocycles. The van der Waals surface area contributed by atoms with Crippen molar-refractivity contribution >= 4 is 17.3 Å². The Morgan fingerprint density at radius 2 is 2.33 bits per heavy atom. The van der Waals surface area contributed by atoms with E-state index in [1.54, 1.807) is 17.5 Å². The molecular formula is C11H12F3NO2S. The number of hydrogen-bond donors (Lipinski definition) is 1. The Morgan fingerprint density at radius 1 is 1.56 bits per heavy atom. The van der Waals surface area contributed by atoms with Crippen LogP contribution >= 0.6 is 11.3 Å². The Balaban J connectivity index is 2.05. The van der Waals surface area contributed by atoms with E-state index >= 15 is 0 Å². The zero-order valence-corrected chi connectivity index (χ0v) is 10.2. The summed E-state index contributed by atoms with van der Waals surface area (Å²) in [5.41, 5.74) is -2.38. The summed E-state index contributed by atoms with van der Waals surface area (Å²) in [6.45, 7) is -0.332. The van der Waals surface area contributed by atoms with Gasteiger partial charge in [0.2, 0.25) is 0 Å². The molecule has 18 heavy (non-hydrogen) atoms. The minimum Gasteiger partial charge on any atom is -0.459 e. The second-order valence-electron chi connectivity index (χ2n) is 4.16. The smallest absolute Gasteiger partial charge is 0.406 e. The Kier molecular flexibility index (Phi) is 3.63. The van der Waals surface area contributed by atoms with Gasteiger partial charge in [0, 0.05) is 11.4 Å². The molecule has 0 saturated carbocycles. The highest BCUT2D eigenvalue weighted by atomic mass is 32.1. The van der Waals surface area contributed by atoms with Gasteiger partial charge in [0.1, 0.15) is 6.61 Å². The van der Waals surface area contributed by atoms with Crippen LogP contribution in [0.2, 0.25) is 0 Å². The van der Waals surface area contributed by atoms with Gasteiger partial charge in [-0.25, -0.2) is 0 Å². The summed E-state index contributed by atoms with van der Waals surface area (Å²) in [6.07, 6.45) is -4.84. The molecule has 1 aliphatic rings. The lowest BCUT2D eigenvalue weighted by Gasteiger charge is -2.28. The number of esters is 1. The van der Waals surface area contributed by atoms with Crippen molar-refractivity contribution < 1.29 is 22.7 Å². The first-order valence-electron chi connectivity index (χ1n) is 5.43. The number of carbonyl (C=O) groups excluding carboxylic acids is 1. The Bertz CT molecular complexity index is 410. The Labute approximate surface area is 106 Å². The van der Waals surface area contributed by atoms with Crippen molar-refractivity contribution in [1.82, 2.24) is 5.32 Å². The van der Waals surface area contributed by atoms with Crippen LogP contribution in [0.5, 0.6) is 0 Å². The summed E-state index contributed by atoms with van der Waals surface area (Å²) in [4.78, 5) is 12.5. The van der Waals surface area contributed by atoms with Crippen LogP contribution in [-0.2, 0) is 16.1 Å². The van der Waals surface area contributed by atoms with Crippen LogP contribution in [0.25, 0.3) is 0 Å². The van der Waals surface area contributed by atoms with E-state index in [9.17, 15) is 18.0 Å². The largest absolute Gasteiger partial charge is 0.459 e. The lowest BCUT2D eigenvalue weighted by molar-refractivity contribution is -0.229. The zero-order chi connectivity index (χ0) is 13.2. The maximum atomic E-state index is 13.0. The molecular weight excluding hydrogens is 267 g/mol. The van der Waals surface area contributed by atoms with Gasteiger partial charge in [0.05, 0.1) is 0 Å². The number of thiophene rings is 1. The molecule has 1 fully saturated rings. The van der Waals surface area contributed by atoms with Crippen molar-refractivity contribution in [3.05, 3.63) is 22.4 Å². The highest BCUT2D eigenvalue weighted by molar-refractivity contribution is 7.09. The highest BCUT2D eigenvalue weighted by Crippen LogP contribution is 2.44. The van der Waals surface area contributed by atoms with Crippen LogP contribution in [0.15, 0.2) is 17.5 Å². The number of ether oxygens (including phenoxy) is 1. The third-order valence-corrected chi connectivity index (χ3v) is 3.86. The van der Waals surface area contributed by atoms with Gasteiger partial charge in [-0.2, -0.15) is 13.2 Å². The molecule has 100 valence electrons. The molecule has 2 rings (SSSR count). The van der Waals surface area contributed by atoms with Crippen LogP contribution in [-0.4, -0.2) is 25.2 Å². The second-order valence-corrected chi connectivity index (χ2v) is 5.19. The van der Waals surface area contributed by atoms with Crippen molar-refractivity contribution in [2.24, 2.45) is 5.41 Å². The molecule has 0 spiro atoms. The average molecular weight is 279 g/mol. The minimum absolute atomic E-state index is 0.103. The van der Waals surface area contributed by atoms with Crippen LogP contribution in [0.3, 0.4) is 0 Å². The van der Waals surface area contributed by atoms with Crippen molar-refractivity contribution in [2.45, 2.75) is 19.2 Å². The average Bonchev–Trinajstić information content (AvgIpc) is 2.96. The SMILES string of the molecule is O=C(OCc1cccs1)C1(C(F)(F)F)CCNC1. The Morgan fingerprint density at radius 3 is 2.83 bits per heavy atom. The van der Waals surface area contributed by atoms with Crippen molar-refractivity contribution in [2.75, 3.05) is 13.1 Å². The molecule has 0 amide bonds. The van der Waals surface area contributed by atoms with E-state index in [0.29, 0.717) is 0 Å². The van der Waals surface area contributed by atoms with Crippen LogP contribution in [0.4, 0.5) is 13.2 Å². The molecule has 0 aliphatic carbocycles. The summed E-state index contributed by atoms with van der Waals surface area (Å²) >= 11 is 1.34. The number of hydrogen-bond acceptors (Lipinski definition) is 4. The van der Waals surface area contributed by atoms with Crippen molar-refractivity contribution in [3.8, 4) is 0 Å². The quantitative estimate of drug-likeness (QED) is 0.863. The summed E-state index contributed by atoms with van der Waals surface area (Å²) in [6, 6.07) is 3.47. The van der Waals surface area contributed by atoms with Gasteiger partial charge in [-0.3, -0.25) is 4.79 Å². The van der Waals surface area contributed by atoms with E-state index < -0.39 is 24.1 Å². The van der Waals surface area contributed by atoms with Crippen molar-refractivity contribution in [1.29, 1.82) is 0 Å². The van der Waals surface area contributed by atoms with Gasteiger partial charge in [0.25, 0.3) is 0 Å². The highest BCUT2D eigenvalue weighted by Gasteiger charge is 2.62. The van der Waals surface area contributed by atoms with Gasteiger partial charge in [0.15, 0.2) is 5.41 Å². The number of nitrogens with one attached hydrogen (secondary N) is 1. The number of alkyl halides is 3. The fraction of sp³-hybridized carbons (Fsp3) is 0.545.